The summed E-state index contributed by atoms with van der Waals surface area (Å²) in [5.41, 5.74) is 14.0. The average Bonchev–Trinajstić information content (AvgIpc) is 1.63. The third kappa shape index (κ3) is 11.6. The van der Waals surface area contributed by atoms with Crippen LogP contribution in [0.25, 0.3) is 142 Å². The van der Waals surface area contributed by atoms with Gasteiger partial charge in [-0.2, -0.15) is 0 Å². The lowest BCUT2D eigenvalue weighted by atomic mass is 10.0. The second-order valence-corrected chi connectivity index (χ2v) is 28.2. The summed E-state index contributed by atoms with van der Waals surface area (Å²) in [6.45, 7) is 0. The standard InChI is InChI=1S/C48H27F5N2O.C48H27F5N2S/c2*49-44-43(45(50)47(52)48(53)46(44)51)29-16-21-33(22-17-29)54(34-23-25-38-37-11-5-7-13-41(37)56-42(38)27-34)32-19-14-28(15-20-32)30-18-24-36-35-10-4-6-12-39(35)55(40(36)26-30)31-8-2-1-3-9-31/h2*1-27H. The molecule has 5 nitrogen and oxygen atoms in total. The first kappa shape index (κ1) is 68.6. The van der Waals surface area contributed by atoms with Crippen LogP contribution >= 0.6 is 11.3 Å². The van der Waals surface area contributed by atoms with Crippen molar-refractivity contribution in [3.63, 3.8) is 0 Å². The van der Waals surface area contributed by atoms with Gasteiger partial charge in [-0.1, -0.05) is 188 Å². The van der Waals surface area contributed by atoms with Crippen LogP contribution in [0.2, 0.25) is 0 Å². The van der Waals surface area contributed by atoms with Gasteiger partial charge < -0.3 is 23.4 Å². The number of fused-ring (bicyclic) bond motifs is 12. The molecule has 0 aliphatic heterocycles. The highest BCUT2D eigenvalue weighted by Gasteiger charge is 2.30. The van der Waals surface area contributed by atoms with Crippen LogP contribution in [0, 0.1) is 58.2 Å². The van der Waals surface area contributed by atoms with Crippen LogP contribution in [0.4, 0.5) is 78.0 Å². The zero-order valence-electron chi connectivity index (χ0n) is 58.6. The number of hydrogen-bond donors (Lipinski definition) is 0. The third-order valence-corrected chi connectivity index (χ3v) is 21.9. The highest BCUT2D eigenvalue weighted by molar-refractivity contribution is 7.25. The van der Waals surface area contributed by atoms with E-state index in [1.165, 1.54) is 29.7 Å². The van der Waals surface area contributed by atoms with Crippen molar-refractivity contribution in [2.24, 2.45) is 0 Å². The Balaban J connectivity index is 0.000000151. The van der Waals surface area contributed by atoms with Crippen molar-refractivity contribution in [3.8, 4) is 55.9 Å². The maximum absolute atomic E-state index is 14.8. The first-order chi connectivity index (χ1) is 54.7. The Labute approximate surface area is 636 Å². The van der Waals surface area contributed by atoms with E-state index < -0.39 is 69.3 Å². The summed E-state index contributed by atoms with van der Waals surface area (Å²) >= 11 is 1.68. The SMILES string of the molecule is Fc1c(F)c(F)c(-c2ccc(N(c3ccc(-c4ccc5c6ccccc6n(-c6ccccc6)c5c4)cc3)c3ccc4c(c3)oc3ccccc34)cc2)c(F)c1F.Fc1c(F)c(F)c(-c2ccc(N(c3ccc(-c4ccc5c6ccccc6n(-c6ccccc6)c5c4)cc3)c3ccc4c(c3)sc3ccccc34)cc2)c(F)c1F. The molecular formula is C96H54F10N4OS. The molecule has 4 aromatic heterocycles. The summed E-state index contributed by atoms with van der Waals surface area (Å²) in [5.74, 6) is -19.9. The molecule has 0 aliphatic carbocycles. The molecule has 16 heteroatoms. The second-order valence-electron chi connectivity index (χ2n) is 27.1. The van der Waals surface area contributed by atoms with Crippen molar-refractivity contribution in [2.75, 3.05) is 9.80 Å². The van der Waals surface area contributed by atoms with Gasteiger partial charge in [0.25, 0.3) is 0 Å². The van der Waals surface area contributed by atoms with Gasteiger partial charge in [0.15, 0.2) is 46.5 Å². The largest absolute Gasteiger partial charge is 0.456 e. The van der Waals surface area contributed by atoms with Crippen molar-refractivity contribution in [1.82, 2.24) is 9.13 Å². The molecule has 20 aromatic rings. The molecule has 0 radical (unpaired) electrons. The Morgan fingerprint density at radius 1 is 0.214 bits per heavy atom. The van der Waals surface area contributed by atoms with E-state index in [-0.39, 0.29) is 11.1 Å². The summed E-state index contributed by atoms with van der Waals surface area (Å²) in [5, 5.41) is 8.82. The minimum atomic E-state index is -2.20. The number of halogens is 10. The fourth-order valence-corrected chi connectivity index (χ4v) is 16.6. The number of para-hydroxylation sites is 5. The first-order valence-electron chi connectivity index (χ1n) is 35.8. The van der Waals surface area contributed by atoms with Crippen LogP contribution in [-0.2, 0) is 0 Å². The zero-order valence-corrected chi connectivity index (χ0v) is 59.4. The maximum atomic E-state index is 14.8. The van der Waals surface area contributed by atoms with Crippen LogP contribution in [-0.4, -0.2) is 9.13 Å². The van der Waals surface area contributed by atoms with E-state index in [2.05, 4.69) is 143 Å². The van der Waals surface area contributed by atoms with Crippen LogP contribution in [0.1, 0.15) is 0 Å². The smallest absolute Gasteiger partial charge is 0.200 e. The minimum absolute atomic E-state index is 0.139. The topological polar surface area (TPSA) is 29.5 Å². The second kappa shape index (κ2) is 27.6. The highest BCUT2D eigenvalue weighted by Crippen LogP contribution is 2.46. The van der Waals surface area contributed by atoms with Gasteiger partial charge in [-0.15, -0.1) is 11.3 Å². The van der Waals surface area contributed by atoms with Gasteiger partial charge >= 0.3 is 0 Å². The van der Waals surface area contributed by atoms with E-state index in [1.807, 2.05) is 155 Å². The first-order valence-corrected chi connectivity index (χ1v) is 36.6. The predicted octanol–water partition coefficient (Wildman–Crippen LogP) is 28.8. The Hall–Kier alpha value is -14.0. The summed E-state index contributed by atoms with van der Waals surface area (Å²) in [7, 11) is 0. The molecule has 0 fully saturated rings. The summed E-state index contributed by atoms with van der Waals surface area (Å²) in [6, 6.07) is 106. The van der Waals surface area contributed by atoms with Crippen molar-refractivity contribution in [2.45, 2.75) is 0 Å². The van der Waals surface area contributed by atoms with Gasteiger partial charge in [0.2, 0.25) is 11.6 Å². The van der Waals surface area contributed by atoms with Gasteiger partial charge in [-0.3, -0.25) is 0 Å². The lowest BCUT2D eigenvalue weighted by molar-refractivity contribution is 0.381. The molecular weight excluding hydrogens is 1450 g/mol. The normalized spacial score (nSPS) is 11.7. The van der Waals surface area contributed by atoms with E-state index in [1.54, 1.807) is 35.6 Å². The molecule has 0 aliphatic rings. The van der Waals surface area contributed by atoms with E-state index in [4.69, 9.17) is 4.42 Å². The zero-order chi connectivity index (χ0) is 76.2. The van der Waals surface area contributed by atoms with Gasteiger partial charge in [0.05, 0.1) is 33.2 Å². The molecule has 0 amide bonds. The van der Waals surface area contributed by atoms with Crippen molar-refractivity contribution < 1.29 is 48.3 Å². The number of nitrogens with zero attached hydrogens (tertiary/aromatic N) is 4. The Kier molecular flexibility index (Phi) is 16.9. The van der Waals surface area contributed by atoms with Crippen LogP contribution in [0.5, 0.6) is 0 Å². The number of anilines is 6. The number of furan rings is 1. The Bertz CT molecular complexity index is 6640. The molecule has 16 aromatic carbocycles. The van der Waals surface area contributed by atoms with Crippen LogP contribution < -0.4 is 9.80 Å². The van der Waals surface area contributed by atoms with E-state index in [9.17, 15) is 43.9 Å². The van der Waals surface area contributed by atoms with Crippen molar-refractivity contribution in [3.05, 3.63) is 386 Å². The number of hydrogen-bond acceptors (Lipinski definition) is 4. The molecule has 112 heavy (non-hydrogen) atoms. The fraction of sp³-hybridized carbons (Fsp3) is 0. The molecule has 0 N–H and O–H groups in total. The van der Waals surface area contributed by atoms with Crippen molar-refractivity contribution >= 4 is 131 Å². The molecule has 0 bridgehead atoms. The van der Waals surface area contributed by atoms with Crippen LogP contribution in [0.15, 0.2) is 332 Å². The molecule has 0 saturated carbocycles. The molecule has 20 rings (SSSR count). The monoisotopic (exact) mass is 1500 g/mol. The lowest BCUT2D eigenvalue weighted by Gasteiger charge is -2.26. The lowest BCUT2D eigenvalue weighted by Crippen LogP contribution is -2.10. The Morgan fingerprint density at radius 3 is 0.982 bits per heavy atom. The van der Waals surface area contributed by atoms with Gasteiger partial charge in [0, 0.05) is 104 Å². The van der Waals surface area contributed by atoms with Crippen LogP contribution in [0.3, 0.4) is 0 Å². The number of benzene rings is 16. The van der Waals surface area contributed by atoms with Gasteiger partial charge in [-0.05, 0) is 167 Å². The predicted molar refractivity (Wildman–Crippen MR) is 432 cm³/mol. The number of thiophene rings is 1. The number of aromatic nitrogens is 2. The summed E-state index contributed by atoms with van der Waals surface area (Å²) in [6.07, 6.45) is 0. The molecule has 540 valence electrons. The highest BCUT2D eigenvalue weighted by atomic mass is 32.1. The van der Waals surface area contributed by atoms with Crippen molar-refractivity contribution in [1.29, 1.82) is 0 Å². The third-order valence-electron chi connectivity index (χ3n) is 20.8. The van der Waals surface area contributed by atoms with E-state index >= 15 is 0 Å². The quantitative estimate of drug-likeness (QED) is 0.0694. The molecule has 4 heterocycles. The minimum Gasteiger partial charge on any atom is -0.456 e. The fourth-order valence-electron chi connectivity index (χ4n) is 15.5. The van der Waals surface area contributed by atoms with E-state index in [0.717, 1.165) is 131 Å². The molecule has 0 atom stereocenters. The number of rotatable bonds is 12. The summed E-state index contributed by atoms with van der Waals surface area (Å²) in [4.78, 5) is 3.95. The maximum Gasteiger partial charge on any atom is 0.200 e. The van der Waals surface area contributed by atoms with E-state index in [0.29, 0.717) is 17.0 Å². The molecule has 0 spiro atoms. The summed E-state index contributed by atoms with van der Waals surface area (Å²) < 4.78 is 156. The molecule has 0 unspecified atom stereocenters. The van der Waals surface area contributed by atoms with Gasteiger partial charge in [-0.25, -0.2) is 43.9 Å². The van der Waals surface area contributed by atoms with Gasteiger partial charge in [0.1, 0.15) is 11.2 Å². The average molecular weight is 1500 g/mol. The molecule has 0 saturated heterocycles. The Morgan fingerprint density at radius 2 is 0.527 bits per heavy atom.